The standard InChI is InChI=1S/C26H21ClN2O3S/c27-18-10-8-16(9-11-18)21-15-33-25(28-21)20-14-19-23(6-3-7-24(19)31)29(26(20)32)22-5-2-1-4-17(22)12-13-30/h1-2,4-5,8-11,14-15,30H,3,6-7,12-13H2. The lowest BCUT2D eigenvalue weighted by atomic mass is 9.92. The molecular formula is C26H21ClN2O3S. The van der Waals surface area contributed by atoms with Gasteiger partial charge in [0, 0.05) is 40.3 Å². The summed E-state index contributed by atoms with van der Waals surface area (Å²) < 4.78 is 1.66. The Morgan fingerprint density at radius 1 is 1.03 bits per heavy atom. The smallest absolute Gasteiger partial charge is 0.265 e. The van der Waals surface area contributed by atoms with Crippen molar-refractivity contribution >= 4 is 28.7 Å². The van der Waals surface area contributed by atoms with E-state index in [1.165, 1.54) is 11.3 Å². The summed E-state index contributed by atoms with van der Waals surface area (Å²) in [5.74, 6) is 0.0420. The first-order valence-electron chi connectivity index (χ1n) is 10.8. The quantitative estimate of drug-likeness (QED) is 0.422. The minimum atomic E-state index is -0.203. The molecular weight excluding hydrogens is 456 g/mol. The molecule has 1 aliphatic carbocycles. The largest absolute Gasteiger partial charge is 0.396 e. The van der Waals surface area contributed by atoms with Crippen molar-refractivity contribution in [3.05, 3.63) is 92.2 Å². The molecule has 0 radical (unpaired) electrons. The van der Waals surface area contributed by atoms with Gasteiger partial charge in [0.2, 0.25) is 0 Å². The van der Waals surface area contributed by atoms with E-state index in [0.29, 0.717) is 52.5 Å². The summed E-state index contributed by atoms with van der Waals surface area (Å²) in [5, 5.41) is 12.7. The van der Waals surface area contributed by atoms with Gasteiger partial charge in [0.15, 0.2) is 5.78 Å². The number of Topliss-reactive ketones (excluding diaryl/α,β-unsaturated/α-hetero) is 1. The molecule has 166 valence electrons. The lowest BCUT2D eigenvalue weighted by molar-refractivity contribution is 0.0971. The zero-order chi connectivity index (χ0) is 22.9. The number of halogens is 1. The van der Waals surface area contributed by atoms with Gasteiger partial charge >= 0.3 is 0 Å². The first-order valence-corrected chi connectivity index (χ1v) is 12.1. The van der Waals surface area contributed by atoms with Crippen molar-refractivity contribution < 1.29 is 9.90 Å². The average molecular weight is 477 g/mol. The molecule has 2 heterocycles. The summed E-state index contributed by atoms with van der Waals surface area (Å²) in [7, 11) is 0. The molecule has 33 heavy (non-hydrogen) atoms. The number of fused-ring (bicyclic) bond motifs is 1. The van der Waals surface area contributed by atoms with Crippen LogP contribution in [0.2, 0.25) is 5.02 Å². The Bertz CT molecular complexity index is 1410. The maximum atomic E-state index is 13.8. The summed E-state index contributed by atoms with van der Waals surface area (Å²) in [6.45, 7) is -0.0243. The number of thiazole rings is 1. The van der Waals surface area contributed by atoms with Crippen molar-refractivity contribution in [2.45, 2.75) is 25.7 Å². The van der Waals surface area contributed by atoms with Crippen LogP contribution in [0.4, 0.5) is 0 Å². The molecule has 2 aromatic carbocycles. The SMILES string of the molecule is O=C1CCCc2c1cc(-c1nc(-c3ccc(Cl)cc3)cs1)c(=O)n2-c1ccccc1CCO. The second kappa shape index (κ2) is 9.06. The molecule has 0 unspecified atom stereocenters. The molecule has 0 fully saturated rings. The van der Waals surface area contributed by atoms with Crippen LogP contribution >= 0.6 is 22.9 Å². The highest BCUT2D eigenvalue weighted by atomic mass is 35.5. The molecule has 0 amide bonds. The van der Waals surface area contributed by atoms with Gasteiger partial charge < -0.3 is 5.11 Å². The Kier molecular flexibility index (Phi) is 5.98. The molecule has 0 atom stereocenters. The number of hydrogen-bond acceptors (Lipinski definition) is 5. The number of benzene rings is 2. The molecule has 7 heteroatoms. The molecule has 0 saturated carbocycles. The van der Waals surface area contributed by atoms with Gasteiger partial charge in [-0.15, -0.1) is 11.3 Å². The van der Waals surface area contributed by atoms with Gasteiger partial charge in [-0.2, -0.15) is 0 Å². The highest BCUT2D eigenvalue weighted by Gasteiger charge is 2.26. The summed E-state index contributed by atoms with van der Waals surface area (Å²) in [4.78, 5) is 31.4. The van der Waals surface area contributed by atoms with Crippen LogP contribution in [0, 0.1) is 0 Å². The fourth-order valence-electron chi connectivity index (χ4n) is 4.31. The van der Waals surface area contributed by atoms with E-state index in [2.05, 4.69) is 0 Å². The molecule has 0 spiro atoms. The van der Waals surface area contributed by atoms with Crippen LogP contribution in [0.25, 0.3) is 27.5 Å². The summed E-state index contributed by atoms with van der Waals surface area (Å²) in [6, 6.07) is 16.6. The number of nitrogens with zero attached hydrogens (tertiary/aromatic N) is 2. The van der Waals surface area contributed by atoms with Gasteiger partial charge in [0.25, 0.3) is 5.56 Å². The van der Waals surface area contributed by atoms with E-state index < -0.39 is 0 Å². The number of aliphatic hydroxyl groups is 1. The number of rotatable bonds is 5. The molecule has 0 bridgehead atoms. The molecule has 4 aromatic rings. The number of aliphatic hydroxyl groups excluding tert-OH is 1. The van der Waals surface area contributed by atoms with Crippen molar-refractivity contribution in [2.24, 2.45) is 0 Å². The van der Waals surface area contributed by atoms with E-state index in [0.717, 1.165) is 22.5 Å². The number of pyridine rings is 1. The fraction of sp³-hybridized carbons (Fsp3) is 0.192. The lowest BCUT2D eigenvalue weighted by Crippen LogP contribution is -2.29. The van der Waals surface area contributed by atoms with Crippen molar-refractivity contribution in [1.29, 1.82) is 0 Å². The van der Waals surface area contributed by atoms with Crippen LogP contribution in [0.1, 0.15) is 34.5 Å². The minimum Gasteiger partial charge on any atom is -0.396 e. The summed E-state index contributed by atoms with van der Waals surface area (Å²) in [5.41, 5.74) is 4.75. The first kappa shape index (κ1) is 21.8. The topological polar surface area (TPSA) is 72.2 Å². The Hall–Kier alpha value is -3.06. The van der Waals surface area contributed by atoms with Crippen LogP contribution < -0.4 is 5.56 Å². The normalized spacial score (nSPS) is 13.2. The third-order valence-corrected chi connectivity index (χ3v) is 7.04. The summed E-state index contributed by atoms with van der Waals surface area (Å²) >= 11 is 7.38. The minimum absolute atomic E-state index is 0.0243. The van der Waals surface area contributed by atoms with E-state index in [-0.39, 0.29) is 17.9 Å². The Morgan fingerprint density at radius 2 is 1.82 bits per heavy atom. The monoisotopic (exact) mass is 476 g/mol. The van der Waals surface area contributed by atoms with E-state index in [4.69, 9.17) is 16.6 Å². The van der Waals surface area contributed by atoms with E-state index in [1.54, 1.807) is 22.8 Å². The highest BCUT2D eigenvalue weighted by Crippen LogP contribution is 2.32. The average Bonchev–Trinajstić information content (AvgIpc) is 3.30. The molecule has 0 saturated heterocycles. The Labute approximate surface area is 199 Å². The molecule has 0 aliphatic heterocycles. The van der Waals surface area contributed by atoms with E-state index >= 15 is 0 Å². The fourth-order valence-corrected chi connectivity index (χ4v) is 5.27. The second-order valence-electron chi connectivity index (χ2n) is 7.98. The van der Waals surface area contributed by atoms with Crippen molar-refractivity contribution in [1.82, 2.24) is 9.55 Å². The van der Waals surface area contributed by atoms with Crippen molar-refractivity contribution in [2.75, 3.05) is 6.61 Å². The maximum Gasteiger partial charge on any atom is 0.265 e. The molecule has 1 aliphatic rings. The molecule has 2 aromatic heterocycles. The number of para-hydroxylation sites is 1. The zero-order valence-electron chi connectivity index (χ0n) is 17.8. The van der Waals surface area contributed by atoms with Gasteiger partial charge in [0.05, 0.1) is 16.9 Å². The van der Waals surface area contributed by atoms with Crippen LogP contribution in [-0.2, 0) is 12.8 Å². The number of aromatic nitrogens is 2. The van der Waals surface area contributed by atoms with Crippen LogP contribution in [-0.4, -0.2) is 27.0 Å². The summed E-state index contributed by atoms with van der Waals surface area (Å²) in [6.07, 6.45) is 2.26. The van der Waals surface area contributed by atoms with Gasteiger partial charge in [-0.1, -0.05) is 41.9 Å². The molecule has 5 rings (SSSR count). The van der Waals surface area contributed by atoms with Crippen LogP contribution in [0.15, 0.2) is 64.8 Å². The highest BCUT2D eigenvalue weighted by molar-refractivity contribution is 7.13. The lowest BCUT2D eigenvalue weighted by Gasteiger charge is -2.23. The third-order valence-electron chi connectivity index (χ3n) is 5.91. The number of carbonyl (C=O) groups excluding carboxylic acids is 1. The van der Waals surface area contributed by atoms with Gasteiger partial charge in [0.1, 0.15) is 5.01 Å². The number of ketones is 1. The molecule has 5 nitrogen and oxygen atoms in total. The first-order chi connectivity index (χ1) is 16.1. The van der Waals surface area contributed by atoms with Crippen molar-refractivity contribution in [3.63, 3.8) is 0 Å². The predicted molar refractivity (Wildman–Crippen MR) is 132 cm³/mol. The zero-order valence-corrected chi connectivity index (χ0v) is 19.3. The molecule has 1 N–H and O–H groups in total. The van der Waals surface area contributed by atoms with Gasteiger partial charge in [-0.25, -0.2) is 4.98 Å². The van der Waals surface area contributed by atoms with E-state index in [9.17, 15) is 14.7 Å². The van der Waals surface area contributed by atoms with Crippen LogP contribution in [0.5, 0.6) is 0 Å². The van der Waals surface area contributed by atoms with Crippen molar-refractivity contribution in [3.8, 4) is 27.5 Å². The second-order valence-corrected chi connectivity index (χ2v) is 9.28. The Morgan fingerprint density at radius 3 is 2.61 bits per heavy atom. The van der Waals surface area contributed by atoms with Crippen LogP contribution in [0.3, 0.4) is 0 Å². The number of hydrogen-bond donors (Lipinski definition) is 1. The third kappa shape index (κ3) is 4.06. The van der Waals surface area contributed by atoms with Gasteiger partial charge in [-0.05, 0) is 49.1 Å². The Balaban J connectivity index is 1.72. The number of carbonyl (C=O) groups is 1. The van der Waals surface area contributed by atoms with Gasteiger partial charge in [-0.3, -0.25) is 14.2 Å². The maximum absolute atomic E-state index is 13.8. The van der Waals surface area contributed by atoms with E-state index in [1.807, 2.05) is 41.8 Å². The predicted octanol–water partition coefficient (Wildman–Crippen LogP) is 5.34.